The molecule has 6 nitrogen and oxygen atoms in total. The monoisotopic (exact) mass is 506 g/mol. The van der Waals surface area contributed by atoms with Gasteiger partial charge in [-0.05, 0) is 85.5 Å². The number of carbonyl (C=O) groups is 2. The molecule has 0 aliphatic rings. The van der Waals surface area contributed by atoms with Gasteiger partial charge in [0.1, 0.15) is 11.4 Å². The molecule has 38 heavy (non-hydrogen) atoms. The number of hydrogen-bond donors (Lipinski definition) is 1. The van der Waals surface area contributed by atoms with Crippen LogP contribution in [0.1, 0.15) is 28.8 Å². The van der Waals surface area contributed by atoms with Gasteiger partial charge in [-0.15, -0.1) is 0 Å². The number of aryl methyl sites for hydroxylation is 1. The summed E-state index contributed by atoms with van der Waals surface area (Å²) < 4.78 is 10.6. The van der Waals surface area contributed by atoms with E-state index in [1.165, 1.54) is 5.56 Å². The summed E-state index contributed by atoms with van der Waals surface area (Å²) in [4.78, 5) is 25.9. The lowest BCUT2D eigenvalue weighted by Gasteiger charge is -2.25. The summed E-state index contributed by atoms with van der Waals surface area (Å²) in [7, 11) is 0. The SMILES string of the molecule is C=C(N)C(=O)OCCCCc1ccc(N(c2ccccc2)c2ccc(OC(=O)c3ccccc3)cc2)cc1. The number of para-hydroxylation sites is 1. The third kappa shape index (κ3) is 7.11. The summed E-state index contributed by atoms with van der Waals surface area (Å²) in [6.45, 7) is 3.70. The Hall–Kier alpha value is -4.84. The average molecular weight is 507 g/mol. The molecule has 0 aliphatic carbocycles. The molecule has 0 saturated carbocycles. The zero-order valence-corrected chi connectivity index (χ0v) is 21.1. The van der Waals surface area contributed by atoms with Crippen molar-refractivity contribution < 1.29 is 19.1 Å². The van der Waals surface area contributed by atoms with Gasteiger partial charge in [0, 0.05) is 17.1 Å². The number of benzene rings is 4. The number of nitrogens with zero attached hydrogens (tertiary/aromatic N) is 1. The highest BCUT2D eigenvalue weighted by atomic mass is 16.5. The first-order chi connectivity index (χ1) is 18.5. The van der Waals surface area contributed by atoms with Crippen LogP contribution < -0.4 is 15.4 Å². The maximum absolute atomic E-state index is 12.4. The topological polar surface area (TPSA) is 81.9 Å². The third-order valence-corrected chi connectivity index (χ3v) is 5.88. The van der Waals surface area contributed by atoms with Crippen molar-refractivity contribution in [3.63, 3.8) is 0 Å². The minimum atomic E-state index is -0.558. The molecule has 0 saturated heterocycles. The third-order valence-electron chi connectivity index (χ3n) is 5.88. The van der Waals surface area contributed by atoms with Crippen LogP contribution in [0.3, 0.4) is 0 Å². The van der Waals surface area contributed by atoms with Gasteiger partial charge in [0.05, 0.1) is 12.2 Å². The van der Waals surface area contributed by atoms with E-state index >= 15 is 0 Å². The molecule has 0 atom stereocenters. The first-order valence-corrected chi connectivity index (χ1v) is 12.4. The van der Waals surface area contributed by atoms with Crippen LogP contribution in [0.25, 0.3) is 0 Å². The van der Waals surface area contributed by atoms with Crippen molar-refractivity contribution in [2.24, 2.45) is 5.73 Å². The van der Waals surface area contributed by atoms with Crippen LogP contribution in [0.2, 0.25) is 0 Å². The number of rotatable bonds is 11. The van der Waals surface area contributed by atoms with Crippen LogP contribution in [0.5, 0.6) is 5.75 Å². The molecule has 0 heterocycles. The molecule has 4 rings (SSSR count). The van der Waals surface area contributed by atoms with Crippen molar-refractivity contribution in [1.82, 2.24) is 0 Å². The number of carbonyl (C=O) groups excluding carboxylic acids is 2. The molecule has 2 N–H and O–H groups in total. The molecule has 0 radical (unpaired) electrons. The minimum Gasteiger partial charge on any atom is -0.461 e. The van der Waals surface area contributed by atoms with E-state index in [1.54, 1.807) is 36.4 Å². The fraction of sp³-hybridized carbons (Fsp3) is 0.125. The van der Waals surface area contributed by atoms with Gasteiger partial charge in [0.25, 0.3) is 0 Å². The van der Waals surface area contributed by atoms with Gasteiger partial charge in [-0.1, -0.05) is 55.1 Å². The van der Waals surface area contributed by atoms with Crippen molar-refractivity contribution in [2.45, 2.75) is 19.3 Å². The molecule has 0 unspecified atom stereocenters. The second-order valence-corrected chi connectivity index (χ2v) is 8.71. The molecule has 0 amide bonds. The Kier molecular flexibility index (Phi) is 8.92. The fourth-order valence-electron chi connectivity index (χ4n) is 3.93. The summed E-state index contributed by atoms with van der Waals surface area (Å²) in [6, 6.07) is 34.9. The van der Waals surface area contributed by atoms with E-state index in [2.05, 4.69) is 47.9 Å². The largest absolute Gasteiger partial charge is 0.461 e. The van der Waals surface area contributed by atoms with Crippen molar-refractivity contribution in [1.29, 1.82) is 0 Å². The molecule has 0 aliphatic heterocycles. The lowest BCUT2D eigenvalue weighted by molar-refractivity contribution is -0.139. The highest BCUT2D eigenvalue weighted by molar-refractivity contribution is 5.91. The van der Waals surface area contributed by atoms with E-state index in [0.29, 0.717) is 17.9 Å². The summed E-state index contributed by atoms with van der Waals surface area (Å²) in [6.07, 6.45) is 2.50. The summed E-state index contributed by atoms with van der Waals surface area (Å²) in [5.74, 6) is -0.470. The minimum absolute atomic E-state index is 0.0774. The van der Waals surface area contributed by atoms with Crippen LogP contribution >= 0.6 is 0 Å². The number of hydrogen-bond acceptors (Lipinski definition) is 6. The van der Waals surface area contributed by atoms with Crippen molar-refractivity contribution in [2.75, 3.05) is 11.5 Å². The molecule has 192 valence electrons. The van der Waals surface area contributed by atoms with Crippen LogP contribution in [0, 0.1) is 0 Å². The van der Waals surface area contributed by atoms with E-state index in [9.17, 15) is 9.59 Å². The summed E-state index contributed by atoms with van der Waals surface area (Å²) in [5, 5.41) is 0. The van der Waals surface area contributed by atoms with Crippen molar-refractivity contribution >= 4 is 29.0 Å². The van der Waals surface area contributed by atoms with Gasteiger partial charge in [0.15, 0.2) is 0 Å². The Morgan fingerprint density at radius 2 is 1.26 bits per heavy atom. The summed E-state index contributed by atoms with van der Waals surface area (Å²) in [5.41, 5.74) is 9.89. The Bertz CT molecular complexity index is 1350. The highest BCUT2D eigenvalue weighted by Gasteiger charge is 2.14. The average Bonchev–Trinajstić information content (AvgIpc) is 2.95. The Morgan fingerprint density at radius 1 is 0.711 bits per heavy atom. The van der Waals surface area contributed by atoms with Crippen molar-refractivity contribution in [3.05, 3.63) is 133 Å². The molecule has 4 aromatic carbocycles. The molecule has 0 aromatic heterocycles. The van der Waals surface area contributed by atoms with Gasteiger partial charge in [-0.2, -0.15) is 0 Å². The quantitative estimate of drug-likeness (QED) is 0.105. The van der Waals surface area contributed by atoms with E-state index in [0.717, 1.165) is 36.3 Å². The zero-order valence-electron chi connectivity index (χ0n) is 21.1. The van der Waals surface area contributed by atoms with Crippen LogP contribution in [0.15, 0.2) is 121 Å². The van der Waals surface area contributed by atoms with Crippen LogP contribution in [0.4, 0.5) is 17.1 Å². The molecule has 0 bridgehead atoms. The maximum Gasteiger partial charge on any atom is 0.353 e. The number of anilines is 3. The first kappa shape index (κ1) is 26.2. The van der Waals surface area contributed by atoms with Gasteiger partial charge in [0.2, 0.25) is 0 Å². The normalized spacial score (nSPS) is 10.4. The number of unbranched alkanes of at least 4 members (excludes halogenated alkanes) is 1. The first-order valence-electron chi connectivity index (χ1n) is 12.4. The standard InChI is InChI=1S/C32H30N2O4/c1-24(33)31(35)37-23-9-8-10-25-15-17-28(18-16-25)34(27-13-6-3-7-14-27)29-19-21-30(22-20-29)38-32(36)26-11-4-2-5-12-26/h2-7,11-22H,1,8-10,23,33H2. The van der Waals surface area contributed by atoms with Crippen molar-refractivity contribution in [3.8, 4) is 5.75 Å². The maximum atomic E-state index is 12.4. The lowest BCUT2D eigenvalue weighted by Crippen LogP contribution is -2.14. The van der Waals surface area contributed by atoms with Gasteiger partial charge >= 0.3 is 11.9 Å². The second-order valence-electron chi connectivity index (χ2n) is 8.71. The van der Waals surface area contributed by atoms with E-state index in [-0.39, 0.29) is 5.70 Å². The molecular formula is C32H30N2O4. The lowest BCUT2D eigenvalue weighted by atomic mass is 10.1. The fourth-order valence-corrected chi connectivity index (χ4v) is 3.93. The van der Waals surface area contributed by atoms with Crippen LogP contribution in [-0.2, 0) is 16.0 Å². The molecule has 4 aromatic rings. The molecule has 0 fully saturated rings. The Balaban J connectivity index is 1.44. The Labute approximate surface area is 222 Å². The molecular weight excluding hydrogens is 476 g/mol. The van der Waals surface area contributed by atoms with Gasteiger partial charge in [-0.25, -0.2) is 9.59 Å². The smallest absolute Gasteiger partial charge is 0.353 e. The Morgan fingerprint density at radius 3 is 1.87 bits per heavy atom. The highest BCUT2D eigenvalue weighted by Crippen LogP contribution is 2.35. The van der Waals surface area contributed by atoms with Gasteiger partial charge in [-0.3, -0.25) is 0 Å². The van der Waals surface area contributed by atoms with E-state index in [1.807, 2.05) is 36.4 Å². The molecule has 0 spiro atoms. The predicted octanol–water partition coefficient (Wildman–Crippen LogP) is 6.71. The zero-order chi connectivity index (χ0) is 26.7. The number of esters is 2. The van der Waals surface area contributed by atoms with Crippen LogP contribution in [-0.4, -0.2) is 18.5 Å². The number of ether oxygens (including phenoxy) is 2. The number of nitrogens with two attached hydrogens (primary N) is 1. The summed E-state index contributed by atoms with van der Waals surface area (Å²) >= 11 is 0. The second kappa shape index (κ2) is 12.9. The van der Waals surface area contributed by atoms with Gasteiger partial charge < -0.3 is 20.1 Å². The predicted molar refractivity (Wildman–Crippen MR) is 150 cm³/mol. The van der Waals surface area contributed by atoms with E-state index < -0.39 is 11.9 Å². The van der Waals surface area contributed by atoms with E-state index in [4.69, 9.17) is 15.2 Å². The molecule has 6 heteroatoms.